The molecular weight excluding hydrogens is 186 g/mol. The van der Waals surface area contributed by atoms with E-state index in [1.807, 2.05) is 0 Å². The molecule has 0 saturated carbocycles. The van der Waals surface area contributed by atoms with E-state index in [-0.39, 0.29) is 6.04 Å². The van der Waals surface area contributed by atoms with Gasteiger partial charge in [-0.25, -0.2) is 0 Å². The average molecular weight is 203 g/mol. The van der Waals surface area contributed by atoms with Crippen molar-refractivity contribution in [2.45, 2.75) is 38.8 Å². The maximum Gasteiger partial charge on any atom is 0.136 e. The summed E-state index contributed by atoms with van der Waals surface area (Å²) in [6, 6.07) is 8.93. The number of benzene rings is 1. The molecule has 15 heavy (non-hydrogen) atoms. The molecule has 0 spiro atoms. The highest BCUT2D eigenvalue weighted by molar-refractivity contribution is 5.80. The van der Waals surface area contributed by atoms with Crippen LogP contribution in [0.3, 0.4) is 0 Å². The summed E-state index contributed by atoms with van der Waals surface area (Å²) in [6.45, 7) is 4.14. The quantitative estimate of drug-likeness (QED) is 0.759. The Morgan fingerprint density at radius 1 is 1.20 bits per heavy atom. The predicted octanol–water partition coefficient (Wildman–Crippen LogP) is 2.38. The first-order chi connectivity index (χ1) is 7.15. The molecule has 2 atom stereocenters. The second kappa shape index (κ2) is 4.15. The number of rotatable bonds is 1. The van der Waals surface area contributed by atoms with Crippen LogP contribution in [0.25, 0.3) is 0 Å². The van der Waals surface area contributed by atoms with Crippen molar-refractivity contribution in [3.63, 3.8) is 0 Å². The van der Waals surface area contributed by atoms with E-state index < -0.39 is 0 Å². The number of hydrogen-bond acceptors (Lipinski definition) is 2. The SMILES string of the molecule is Cc1ccc(C2CC(=O)CC(C)N2)cc1. The van der Waals surface area contributed by atoms with Crippen molar-refractivity contribution in [1.82, 2.24) is 5.32 Å². The Hall–Kier alpha value is -1.15. The molecule has 2 heteroatoms. The van der Waals surface area contributed by atoms with Gasteiger partial charge in [-0.15, -0.1) is 0 Å². The lowest BCUT2D eigenvalue weighted by atomic mass is 9.93. The highest BCUT2D eigenvalue weighted by Gasteiger charge is 2.24. The van der Waals surface area contributed by atoms with Crippen molar-refractivity contribution in [3.8, 4) is 0 Å². The van der Waals surface area contributed by atoms with Crippen LogP contribution < -0.4 is 5.32 Å². The largest absolute Gasteiger partial charge is 0.307 e. The normalized spacial score (nSPS) is 26.7. The monoisotopic (exact) mass is 203 g/mol. The van der Waals surface area contributed by atoms with Crippen molar-refractivity contribution < 1.29 is 4.79 Å². The van der Waals surface area contributed by atoms with Gasteiger partial charge in [0.2, 0.25) is 0 Å². The fourth-order valence-corrected chi connectivity index (χ4v) is 2.13. The topological polar surface area (TPSA) is 29.1 Å². The van der Waals surface area contributed by atoms with E-state index in [1.165, 1.54) is 11.1 Å². The summed E-state index contributed by atoms with van der Waals surface area (Å²) in [6.07, 6.45) is 1.30. The number of Topliss-reactive ketones (excluding diaryl/α,β-unsaturated/α-hetero) is 1. The zero-order valence-corrected chi connectivity index (χ0v) is 9.29. The third-order valence-electron chi connectivity index (χ3n) is 2.93. The van der Waals surface area contributed by atoms with Gasteiger partial charge in [-0.1, -0.05) is 29.8 Å². The van der Waals surface area contributed by atoms with Gasteiger partial charge in [0.05, 0.1) is 0 Å². The standard InChI is InChI=1S/C13H17NO/c1-9-3-5-11(6-4-9)13-8-12(15)7-10(2)14-13/h3-6,10,13-14H,7-8H2,1-2H3. The minimum absolute atomic E-state index is 0.210. The smallest absolute Gasteiger partial charge is 0.136 e. The van der Waals surface area contributed by atoms with Crippen LogP contribution in [0.2, 0.25) is 0 Å². The first-order valence-electron chi connectivity index (χ1n) is 5.49. The molecule has 2 unspecified atom stereocenters. The van der Waals surface area contributed by atoms with Gasteiger partial charge in [0.25, 0.3) is 0 Å². The number of nitrogens with one attached hydrogen (secondary N) is 1. The van der Waals surface area contributed by atoms with Gasteiger partial charge in [-0.05, 0) is 19.4 Å². The van der Waals surface area contributed by atoms with E-state index in [9.17, 15) is 4.79 Å². The first-order valence-corrected chi connectivity index (χ1v) is 5.49. The Morgan fingerprint density at radius 3 is 2.47 bits per heavy atom. The number of piperidine rings is 1. The Bertz CT molecular complexity index is 355. The van der Waals surface area contributed by atoms with Gasteiger partial charge >= 0.3 is 0 Å². The number of ketones is 1. The summed E-state index contributed by atoms with van der Waals surface area (Å²) >= 11 is 0. The molecule has 1 aliphatic heterocycles. The van der Waals surface area contributed by atoms with E-state index in [4.69, 9.17) is 0 Å². The summed E-state index contributed by atoms with van der Waals surface area (Å²) in [4.78, 5) is 11.5. The Morgan fingerprint density at radius 2 is 1.87 bits per heavy atom. The summed E-state index contributed by atoms with van der Waals surface area (Å²) in [5.74, 6) is 0.367. The average Bonchev–Trinajstić information content (AvgIpc) is 2.17. The van der Waals surface area contributed by atoms with Crippen LogP contribution in [0, 0.1) is 6.92 Å². The van der Waals surface area contributed by atoms with Crippen LogP contribution in [-0.4, -0.2) is 11.8 Å². The zero-order valence-electron chi connectivity index (χ0n) is 9.29. The predicted molar refractivity (Wildman–Crippen MR) is 60.8 cm³/mol. The van der Waals surface area contributed by atoms with Crippen LogP contribution in [0.5, 0.6) is 0 Å². The third-order valence-corrected chi connectivity index (χ3v) is 2.93. The van der Waals surface area contributed by atoms with E-state index in [1.54, 1.807) is 0 Å². The molecule has 0 radical (unpaired) electrons. The molecule has 2 nitrogen and oxygen atoms in total. The van der Waals surface area contributed by atoms with Gasteiger partial charge in [-0.3, -0.25) is 4.79 Å². The lowest BCUT2D eigenvalue weighted by Crippen LogP contribution is -2.38. The molecule has 1 N–H and O–H groups in total. The minimum atomic E-state index is 0.210. The van der Waals surface area contributed by atoms with Crippen LogP contribution in [0.1, 0.15) is 36.9 Å². The number of hydrogen-bond donors (Lipinski definition) is 1. The van der Waals surface area contributed by atoms with Crippen LogP contribution in [-0.2, 0) is 4.79 Å². The van der Waals surface area contributed by atoms with Gasteiger partial charge in [0.1, 0.15) is 5.78 Å². The maximum absolute atomic E-state index is 11.5. The van der Waals surface area contributed by atoms with E-state index in [2.05, 4.69) is 43.4 Å². The van der Waals surface area contributed by atoms with Crippen molar-refractivity contribution in [2.24, 2.45) is 0 Å². The van der Waals surface area contributed by atoms with Crippen molar-refractivity contribution in [2.75, 3.05) is 0 Å². The van der Waals surface area contributed by atoms with Crippen LogP contribution in [0.4, 0.5) is 0 Å². The van der Waals surface area contributed by atoms with E-state index in [0.29, 0.717) is 24.7 Å². The molecule has 0 bridgehead atoms. The summed E-state index contributed by atoms with van der Waals surface area (Å²) in [7, 11) is 0. The van der Waals surface area contributed by atoms with Crippen molar-refractivity contribution >= 4 is 5.78 Å². The summed E-state index contributed by atoms with van der Waals surface area (Å²) in [5, 5.41) is 3.46. The summed E-state index contributed by atoms with van der Waals surface area (Å²) < 4.78 is 0. The molecule has 0 amide bonds. The molecule has 1 aromatic rings. The second-order valence-electron chi connectivity index (χ2n) is 4.48. The van der Waals surface area contributed by atoms with Crippen molar-refractivity contribution in [1.29, 1.82) is 0 Å². The lowest BCUT2D eigenvalue weighted by molar-refractivity contribution is -0.121. The molecule has 1 heterocycles. The van der Waals surface area contributed by atoms with Gasteiger partial charge in [0, 0.05) is 24.9 Å². The molecule has 0 aliphatic carbocycles. The fraction of sp³-hybridized carbons (Fsp3) is 0.462. The van der Waals surface area contributed by atoms with Gasteiger partial charge < -0.3 is 5.32 Å². The molecule has 1 aliphatic rings. The molecule has 0 aromatic heterocycles. The molecule has 1 saturated heterocycles. The first kappa shape index (κ1) is 10.4. The van der Waals surface area contributed by atoms with Crippen LogP contribution in [0.15, 0.2) is 24.3 Å². The molecule has 2 rings (SSSR count). The number of carbonyl (C=O) groups is 1. The highest BCUT2D eigenvalue weighted by atomic mass is 16.1. The molecule has 80 valence electrons. The Labute approximate surface area is 90.7 Å². The minimum Gasteiger partial charge on any atom is -0.307 e. The lowest BCUT2D eigenvalue weighted by Gasteiger charge is -2.28. The fourth-order valence-electron chi connectivity index (χ4n) is 2.13. The number of carbonyl (C=O) groups excluding carboxylic acids is 1. The third kappa shape index (κ3) is 2.45. The van der Waals surface area contributed by atoms with Crippen molar-refractivity contribution in [3.05, 3.63) is 35.4 Å². The Balaban J connectivity index is 2.16. The second-order valence-corrected chi connectivity index (χ2v) is 4.48. The van der Waals surface area contributed by atoms with Gasteiger partial charge in [0.15, 0.2) is 0 Å². The highest BCUT2D eigenvalue weighted by Crippen LogP contribution is 2.23. The van der Waals surface area contributed by atoms with Gasteiger partial charge in [-0.2, -0.15) is 0 Å². The van der Waals surface area contributed by atoms with E-state index in [0.717, 1.165) is 0 Å². The number of aryl methyl sites for hydroxylation is 1. The molecule has 1 fully saturated rings. The Kier molecular flexibility index (Phi) is 2.87. The molecule has 1 aromatic carbocycles. The van der Waals surface area contributed by atoms with E-state index >= 15 is 0 Å². The molecular formula is C13H17NO. The van der Waals surface area contributed by atoms with Crippen LogP contribution >= 0.6 is 0 Å². The maximum atomic E-state index is 11.5. The zero-order chi connectivity index (χ0) is 10.8. The summed E-state index contributed by atoms with van der Waals surface area (Å²) in [5.41, 5.74) is 2.48.